The van der Waals surface area contributed by atoms with Gasteiger partial charge in [-0.05, 0) is 47.4 Å². The van der Waals surface area contributed by atoms with Crippen molar-refractivity contribution in [2.24, 2.45) is 5.10 Å². The van der Waals surface area contributed by atoms with Crippen molar-refractivity contribution in [3.8, 4) is 11.5 Å². The Morgan fingerprint density at radius 3 is 2.25 bits per heavy atom. The minimum atomic E-state index is -0.439. The fourth-order valence-electron chi connectivity index (χ4n) is 2.91. The van der Waals surface area contributed by atoms with Gasteiger partial charge in [-0.1, -0.05) is 45.0 Å². The second-order valence-electron chi connectivity index (χ2n) is 8.18. The summed E-state index contributed by atoms with van der Waals surface area (Å²) >= 11 is 0. The van der Waals surface area contributed by atoms with Gasteiger partial charge in [0.15, 0.2) is 0 Å². The molecule has 0 unspecified atom stereocenters. The number of nitrogens with one attached hydrogen (secondary N) is 1. The Balaban J connectivity index is 1.50. The summed E-state index contributed by atoms with van der Waals surface area (Å²) in [5, 5.41) is 14.9. The zero-order valence-electron chi connectivity index (χ0n) is 18.4. The van der Waals surface area contributed by atoms with Crippen molar-refractivity contribution in [3.63, 3.8) is 0 Å². The Hall–Kier alpha value is -3.87. The van der Waals surface area contributed by atoms with Crippen LogP contribution in [0.4, 0.5) is 11.4 Å². The fourth-order valence-corrected chi connectivity index (χ4v) is 2.91. The highest BCUT2D eigenvalue weighted by Gasteiger charge is 2.13. The van der Waals surface area contributed by atoms with Gasteiger partial charge in [0, 0.05) is 17.7 Å². The number of benzene rings is 3. The van der Waals surface area contributed by atoms with Gasteiger partial charge >= 0.3 is 0 Å². The monoisotopic (exact) mass is 433 g/mol. The molecular formula is C25H27N3O4. The van der Waals surface area contributed by atoms with E-state index in [4.69, 9.17) is 9.47 Å². The third-order valence-corrected chi connectivity index (χ3v) is 4.72. The van der Waals surface area contributed by atoms with Crippen LogP contribution in [0.5, 0.6) is 11.5 Å². The first-order chi connectivity index (χ1) is 15.3. The van der Waals surface area contributed by atoms with E-state index in [2.05, 4.69) is 43.4 Å². The van der Waals surface area contributed by atoms with Gasteiger partial charge in [-0.25, -0.2) is 0 Å². The number of nitro groups is 1. The van der Waals surface area contributed by atoms with Crippen molar-refractivity contribution in [2.45, 2.75) is 26.2 Å². The average molecular weight is 434 g/mol. The van der Waals surface area contributed by atoms with Crippen molar-refractivity contribution in [1.82, 2.24) is 0 Å². The van der Waals surface area contributed by atoms with Crippen LogP contribution in [0, 0.1) is 10.1 Å². The summed E-state index contributed by atoms with van der Waals surface area (Å²) in [6.07, 6.45) is 1.64. The first kappa shape index (κ1) is 22.8. The van der Waals surface area contributed by atoms with Crippen LogP contribution < -0.4 is 14.9 Å². The molecule has 3 aromatic rings. The lowest BCUT2D eigenvalue weighted by atomic mass is 9.87. The predicted molar refractivity (Wildman–Crippen MR) is 127 cm³/mol. The number of anilines is 1. The molecule has 7 nitrogen and oxygen atoms in total. The summed E-state index contributed by atoms with van der Waals surface area (Å²) in [7, 11) is 0. The molecule has 0 atom stereocenters. The molecular weight excluding hydrogens is 406 g/mol. The van der Waals surface area contributed by atoms with Gasteiger partial charge in [-0.15, -0.1) is 0 Å². The maximum absolute atomic E-state index is 10.7. The van der Waals surface area contributed by atoms with Crippen molar-refractivity contribution < 1.29 is 14.4 Å². The van der Waals surface area contributed by atoms with E-state index in [1.54, 1.807) is 18.3 Å². The number of rotatable bonds is 9. The van der Waals surface area contributed by atoms with Crippen molar-refractivity contribution in [3.05, 3.63) is 94.0 Å². The van der Waals surface area contributed by atoms with Gasteiger partial charge in [-0.3, -0.25) is 15.5 Å². The molecule has 0 saturated heterocycles. The lowest BCUT2D eigenvalue weighted by Gasteiger charge is -2.19. The fraction of sp³-hybridized carbons (Fsp3) is 0.240. The van der Waals surface area contributed by atoms with E-state index in [1.807, 2.05) is 36.4 Å². The molecule has 0 heterocycles. The summed E-state index contributed by atoms with van der Waals surface area (Å²) in [4.78, 5) is 10.3. The van der Waals surface area contributed by atoms with E-state index in [9.17, 15) is 10.1 Å². The van der Waals surface area contributed by atoms with Crippen LogP contribution in [0.25, 0.3) is 0 Å². The van der Waals surface area contributed by atoms with E-state index >= 15 is 0 Å². The van der Waals surface area contributed by atoms with Gasteiger partial charge in [0.1, 0.15) is 24.7 Å². The average Bonchev–Trinajstić information content (AvgIpc) is 2.78. The maximum Gasteiger partial charge on any atom is 0.269 e. The second-order valence-corrected chi connectivity index (χ2v) is 8.18. The summed E-state index contributed by atoms with van der Waals surface area (Å²) in [6.45, 7) is 7.35. The lowest BCUT2D eigenvalue weighted by Crippen LogP contribution is -2.12. The van der Waals surface area contributed by atoms with E-state index in [1.165, 1.54) is 17.7 Å². The largest absolute Gasteiger partial charge is 0.490 e. The van der Waals surface area contributed by atoms with Gasteiger partial charge in [0.25, 0.3) is 5.69 Å². The zero-order chi connectivity index (χ0) is 23.0. The molecule has 0 fully saturated rings. The molecule has 1 N–H and O–H groups in total. The molecule has 0 saturated carbocycles. The van der Waals surface area contributed by atoms with Crippen LogP contribution in [0.2, 0.25) is 0 Å². The normalized spacial score (nSPS) is 11.3. The van der Waals surface area contributed by atoms with E-state index < -0.39 is 4.92 Å². The SMILES string of the molecule is CC(C)(C)c1ccc(OCCOc2ccccc2C=NNc2ccc([N+](=O)[O-])cc2)cc1. The van der Waals surface area contributed by atoms with Crippen LogP contribution in [-0.2, 0) is 5.41 Å². The molecule has 3 aromatic carbocycles. The van der Waals surface area contributed by atoms with E-state index in [0.717, 1.165) is 11.3 Å². The Morgan fingerprint density at radius 1 is 0.938 bits per heavy atom. The minimum absolute atomic E-state index is 0.0330. The van der Waals surface area contributed by atoms with Crippen LogP contribution >= 0.6 is 0 Å². The minimum Gasteiger partial charge on any atom is -0.490 e. The van der Waals surface area contributed by atoms with Crippen LogP contribution in [-0.4, -0.2) is 24.4 Å². The number of nitro benzene ring substituents is 1. The zero-order valence-corrected chi connectivity index (χ0v) is 18.4. The third kappa shape index (κ3) is 6.57. The Kier molecular flexibility index (Phi) is 7.44. The molecule has 0 bridgehead atoms. The maximum atomic E-state index is 10.7. The number of nitrogens with zero attached hydrogens (tertiary/aromatic N) is 2. The van der Waals surface area contributed by atoms with Crippen molar-refractivity contribution in [2.75, 3.05) is 18.6 Å². The first-order valence-corrected chi connectivity index (χ1v) is 10.3. The molecule has 0 aliphatic carbocycles. The topological polar surface area (TPSA) is 86.0 Å². The molecule has 0 amide bonds. The number of hydrazone groups is 1. The van der Waals surface area contributed by atoms with Gasteiger partial charge in [0.05, 0.1) is 16.8 Å². The molecule has 166 valence electrons. The molecule has 7 heteroatoms. The lowest BCUT2D eigenvalue weighted by molar-refractivity contribution is -0.384. The number of non-ortho nitro benzene ring substituents is 1. The van der Waals surface area contributed by atoms with Gasteiger partial charge in [0.2, 0.25) is 0 Å². The second kappa shape index (κ2) is 10.4. The molecule has 0 aromatic heterocycles. The molecule has 0 aliphatic rings. The van der Waals surface area contributed by atoms with Gasteiger partial charge in [-0.2, -0.15) is 5.10 Å². The summed E-state index contributed by atoms with van der Waals surface area (Å²) in [6, 6.07) is 21.7. The third-order valence-electron chi connectivity index (χ3n) is 4.72. The highest BCUT2D eigenvalue weighted by atomic mass is 16.6. The summed E-state index contributed by atoms with van der Waals surface area (Å²) in [5.74, 6) is 1.50. The molecule has 0 spiro atoms. The van der Waals surface area contributed by atoms with Crippen LogP contribution in [0.15, 0.2) is 77.9 Å². The predicted octanol–water partition coefficient (Wildman–Crippen LogP) is 5.80. The quantitative estimate of drug-likeness (QED) is 0.200. The summed E-state index contributed by atoms with van der Waals surface area (Å²) in [5.41, 5.74) is 5.71. The molecule has 0 radical (unpaired) electrons. The van der Waals surface area contributed by atoms with Gasteiger partial charge < -0.3 is 9.47 Å². The van der Waals surface area contributed by atoms with E-state index in [-0.39, 0.29) is 11.1 Å². The Bertz CT molecular complexity index is 1060. The van der Waals surface area contributed by atoms with Crippen molar-refractivity contribution >= 4 is 17.6 Å². The highest BCUT2D eigenvalue weighted by molar-refractivity contribution is 5.84. The number of para-hydroxylation sites is 1. The molecule has 0 aliphatic heterocycles. The molecule has 32 heavy (non-hydrogen) atoms. The Morgan fingerprint density at radius 2 is 1.59 bits per heavy atom. The van der Waals surface area contributed by atoms with Crippen molar-refractivity contribution in [1.29, 1.82) is 0 Å². The number of hydrogen-bond acceptors (Lipinski definition) is 6. The standard InChI is InChI=1S/C25H27N3O4/c1-25(2,3)20-8-14-23(15-9-20)31-16-17-32-24-7-5-4-6-19(24)18-26-27-21-10-12-22(13-11-21)28(29)30/h4-15,18,27H,16-17H2,1-3H3. The molecule has 3 rings (SSSR count). The number of hydrogen-bond donors (Lipinski definition) is 1. The highest BCUT2D eigenvalue weighted by Crippen LogP contribution is 2.24. The Labute approximate surface area is 187 Å². The number of ether oxygens (including phenoxy) is 2. The van der Waals surface area contributed by atoms with Crippen LogP contribution in [0.1, 0.15) is 31.9 Å². The smallest absolute Gasteiger partial charge is 0.269 e. The first-order valence-electron chi connectivity index (χ1n) is 10.3. The van der Waals surface area contributed by atoms with E-state index in [0.29, 0.717) is 24.7 Å². The summed E-state index contributed by atoms with van der Waals surface area (Å²) < 4.78 is 11.6. The van der Waals surface area contributed by atoms with Crippen LogP contribution in [0.3, 0.4) is 0 Å².